The second kappa shape index (κ2) is 19.5. The third-order valence-corrected chi connectivity index (χ3v) is 7.37. The highest BCUT2D eigenvalue weighted by molar-refractivity contribution is 5.88. The SMILES string of the molecule is CCC(C=CC=C(C)C(=O)OC1OC(COC2OC(CO)C(O)C(O)C2O)C(O)C(O)C1O)=CC=CC=C(C)C=CC=C(C)C(=O)O. The Morgan fingerprint density at radius 2 is 1.23 bits per heavy atom. The number of carboxylic acid groups (broad SMARTS) is 1. The molecule has 2 aliphatic rings. The Balaban J connectivity index is 1.98. The fourth-order valence-corrected chi connectivity index (χ4v) is 4.28. The van der Waals surface area contributed by atoms with Gasteiger partial charge in [-0.05, 0) is 32.8 Å². The van der Waals surface area contributed by atoms with E-state index in [0.29, 0.717) is 6.42 Å². The van der Waals surface area contributed by atoms with Gasteiger partial charge >= 0.3 is 11.9 Å². The molecule has 14 heteroatoms. The molecule has 47 heavy (non-hydrogen) atoms. The molecule has 2 saturated heterocycles. The van der Waals surface area contributed by atoms with Crippen LogP contribution in [0.1, 0.15) is 34.1 Å². The van der Waals surface area contributed by atoms with Crippen molar-refractivity contribution in [1.29, 1.82) is 0 Å². The zero-order chi connectivity index (χ0) is 35.3. The molecule has 0 bridgehead atoms. The van der Waals surface area contributed by atoms with Gasteiger partial charge in [0.05, 0.1) is 13.2 Å². The number of allylic oxidation sites excluding steroid dienone is 12. The van der Waals surface area contributed by atoms with Crippen LogP contribution in [0.4, 0.5) is 0 Å². The smallest absolute Gasteiger partial charge is 0.336 e. The summed E-state index contributed by atoms with van der Waals surface area (Å²) in [6.45, 7) is 5.56. The number of hydrogen-bond acceptors (Lipinski definition) is 13. The number of aliphatic carboxylic acids is 1. The lowest BCUT2D eigenvalue weighted by Crippen LogP contribution is -2.61. The van der Waals surface area contributed by atoms with E-state index in [4.69, 9.17) is 24.1 Å². The summed E-state index contributed by atoms with van der Waals surface area (Å²) in [4.78, 5) is 23.5. The van der Waals surface area contributed by atoms with Gasteiger partial charge in [0, 0.05) is 11.1 Å². The minimum absolute atomic E-state index is 0.135. The lowest BCUT2D eigenvalue weighted by atomic mass is 9.98. The molecule has 0 radical (unpaired) electrons. The molecule has 10 unspecified atom stereocenters. The maximum absolute atomic E-state index is 12.7. The third kappa shape index (κ3) is 12.0. The number of carbonyl (C=O) groups is 2. The predicted molar refractivity (Wildman–Crippen MR) is 167 cm³/mol. The van der Waals surface area contributed by atoms with E-state index < -0.39 is 86.6 Å². The Hall–Kier alpha value is -3.28. The lowest BCUT2D eigenvalue weighted by molar-refractivity contribution is -0.326. The summed E-state index contributed by atoms with van der Waals surface area (Å²) in [6, 6.07) is 0. The van der Waals surface area contributed by atoms with Crippen LogP contribution in [-0.4, -0.2) is 127 Å². The molecular formula is C33H46O14. The third-order valence-electron chi connectivity index (χ3n) is 7.37. The molecule has 10 atom stereocenters. The van der Waals surface area contributed by atoms with Crippen molar-refractivity contribution in [1.82, 2.24) is 0 Å². The second-order valence-corrected chi connectivity index (χ2v) is 11.1. The number of rotatable bonds is 14. The fourth-order valence-electron chi connectivity index (χ4n) is 4.28. The first-order valence-electron chi connectivity index (χ1n) is 15.0. The van der Waals surface area contributed by atoms with E-state index in [1.54, 1.807) is 24.3 Å². The number of hydrogen-bond donors (Lipinski definition) is 8. The molecule has 14 nitrogen and oxygen atoms in total. The molecule has 262 valence electrons. The topological polar surface area (TPSA) is 233 Å². The Morgan fingerprint density at radius 1 is 0.681 bits per heavy atom. The van der Waals surface area contributed by atoms with E-state index in [2.05, 4.69) is 0 Å². The summed E-state index contributed by atoms with van der Waals surface area (Å²) in [5, 5.41) is 79.3. The van der Waals surface area contributed by atoms with E-state index in [1.807, 2.05) is 38.2 Å². The molecular weight excluding hydrogens is 620 g/mol. The van der Waals surface area contributed by atoms with E-state index in [-0.39, 0.29) is 11.1 Å². The van der Waals surface area contributed by atoms with Gasteiger partial charge in [-0.25, -0.2) is 9.59 Å². The minimum atomic E-state index is -1.80. The van der Waals surface area contributed by atoms with E-state index in [1.165, 1.54) is 26.0 Å². The highest BCUT2D eigenvalue weighted by atomic mass is 16.7. The largest absolute Gasteiger partial charge is 0.478 e. The van der Waals surface area contributed by atoms with Crippen LogP contribution in [0.15, 0.2) is 83.1 Å². The number of aliphatic hydroxyl groups excluding tert-OH is 7. The molecule has 8 N–H and O–H groups in total. The van der Waals surface area contributed by atoms with Crippen molar-refractivity contribution >= 4 is 11.9 Å². The van der Waals surface area contributed by atoms with Gasteiger partial charge in [-0.1, -0.05) is 73.3 Å². The van der Waals surface area contributed by atoms with Crippen LogP contribution in [0.3, 0.4) is 0 Å². The van der Waals surface area contributed by atoms with Crippen LogP contribution in [-0.2, 0) is 28.5 Å². The number of aliphatic hydroxyl groups is 7. The average molecular weight is 667 g/mol. The van der Waals surface area contributed by atoms with Crippen LogP contribution in [0.25, 0.3) is 0 Å². The van der Waals surface area contributed by atoms with Gasteiger partial charge in [-0.15, -0.1) is 0 Å². The first kappa shape index (κ1) is 39.9. The first-order valence-corrected chi connectivity index (χ1v) is 15.0. The van der Waals surface area contributed by atoms with Crippen molar-refractivity contribution in [3.8, 4) is 0 Å². The monoisotopic (exact) mass is 666 g/mol. The van der Waals surface area contributed by atoms with Crippen molar-refractivity contribution in [3.63, 3.8) is 0 Å². The van der Waals surface area contributed by atoms with E-state index in [0.717, 1.165) is 11.1 Å². The molecule has 0 saturated carbocycles. The van der Waals surface area contributed by atoms with Gasteiger partial charge in [0.2, 0.25) is 6.29 Å². The quantitative estimate of drug-likeness (QED) is 0.0697. The minimum Gasteiger partial charge on any atom is -0.478 e. The van der Waals surface area contributed by atoms with Gasteiger partial charge in [-0.3, -0.25) is 0 Å². The maximum Gasteiger partial charge on any atom is 0.336 e. The van der Waals surface area contributed by atoms with Gasteiger partial charge in [0.1, 0.15) is 48.8 Å². The molecule has 2 heterocycles. The fraction of sp³-hybridized carbons (Fsp3) is 0.515. The summed E-state index contributed by atoms with van der Waals surface area (Å²) in [5.41, 5.74) is 2.22. The molecule has 0 spiro atoms. The summed E-state index contributed by atoms with van der Waals surface area (Å²) in [7, 11) is 0. The second-order valence-electron chi connectivity index (χ2n) is 11.1. The van der Waals surface area contributed by atoms with Crippen LogP contribution in [0, 0.1) is 0 Å². The summed E-state index contributed by atoms with van der Waals surface area (Å²) >= 11 is 0. The Labute approximate surface area is 273 Å². The van der Waals surface area contributed by atoms with Gasteiger partial charge < -0.3 is 59.8 Å². The zero-order valence-corrected chi connectivity index (χ0v) is 26.7. The Kier molecular flexibility index (Phi) is 16.6. The van der Waals surface area contributed by atoms with Crippen molar-refractivity contribution in [3.05, 3.63) is 83.1 Å². The average Bonchev–Trinajstić information content (AvgIpc) is 3.04. The lowest BCUT2D eigenvalue weighted by Gasteiger charge is -2.42. The molecule has 0 aromatic rings. The van der Waals surface area contributed by atoms with Crippen molar-refractivity contribution in [2.24, 2.45) is 0 Å². The first-order chi connectivity index (χ1) is 22.2. The summed E-state index contributed by atoms with van der Waals surface area (Å²) < 4.78 is 21.3. The molecule has 2 aliphatic heterocycles. The number of ether oxygens (including phenoxy) is 4. The molecule has 0 aromatic heterocycles. The van der Waals surface area contributed by atoms with Crippen LogP contribution >= 0.6 is 0 Å². The van der Waals surface area contributed by atoms with Crippen LogP contribution < -0.4 is 0 Å². The van der Waals surface area contributed by atoms with Gasteiger partial charge in [0.25, 0.3) is 0 Å². The molecule has 2 rings (SSSR count). The zero-order valence-electron chi connectivity index (χ0n) is 26.7. The summed E-state index contributed by atoms with van der Waals surface area (Å²) in [5.74, 6) is -1.85. The summed E-state index contributed by atoms with van der Waals surface area (Å²) in [6.07, 6.45) is 1.79. The highest BCUT2D eigenvalue weighted by Gasteiger charge is 2.48. The van der Waals surface area contributed by atoms with Crippen molar-refractivity contribution in [2.75, 3.05) is 13.2 Å². The molecule has 0 aromatic carbocycles. The Bertz CT molecular complexity index is 1260. The van der Waals surface area contributed by atoms with Crippen LogP contribution in [0.5, 0.6) is 0 Å². The number of carbonyl (C=O) groups excluding carboxylic acids is 1. The van der Waals surface area contributed by atoms with E-state index in [9.17, 15) is 45.3 Å². The van der Waals surface area contributed by atoms with E-state index >= 15 is 0 Å². The van der Waals surface area contributed by atoms with Gasteiger partial charge in [-0.2, -0.15) is 0 Å². The maximum atomic E-state index is 12.7. The number of esters is 1. The Morgan fingerprint density at radius 3 is 1.85 bits per heavy atom. The van der Waals surface area contributed by atoms with Gasteiger partial charge in [0.15, 0.2) is 6.29 Å². The molecule has 0 amide bonds. The van der Waals surface area contributed by atoms with Crippen molar-refractivity contribution < 1.29 is 69.4 Å². The highest BCUT2D eigenvalue weighted by Crippen LogP contribution is 2.26. The number of carboxylic acids is 1. The standard InChI is InChI=1S/C33H46O14/c1-5-21(14-7-6-10-18(2)11-8-12-19(3)30(41)42)15-9-13-20(4)31(43)47-33-29(40)27(38)25(36)23(46-33)17-44-32-28(39)26(37)24(35)22(16-34)45-32/h6-15,22-29,32-40H,5,16-17H2,1-4H3,(H,41,42). The predicted octanol–water partition coefficient (Wildman–Crippen LogP) is 0.0822. The molecule has 2 fully saturated rings. The van der Waals surface area contributed by atoms with Crippen LogP contribution in [0.2, 0.25) is 0 Å². The normalized spacial score (nSPS) is 33.3. The van der Waals surface area contributed by atoms with Crippen molar-refractivity contribution in [2.45, 2.75) is 95.5 Å². The molecule has 0 aliphatic carbocycles.